The zero-order chi connectivity index (χ0) is 18.8. The lowest BCUT2D eigenvalue weighted by molar-refractivity contribution is 0.0693. The summed E-state index contributed by atoms with van der Waals surface area (Å²) in [5, 5.41) is 19.9. The van der Waals surface area contributed by atoms with E-state index >= 15 is 0 Å². The molecule has 27 heavy (non-hydrogen) atoms. The fourth-order valence-electron chi connectivity index (χ4n) is 3.02. The molecule has 4 aromatic rings. The first-order chi connectivity index (χ1) is 13.1. The first-order valence-electron chi connectivity index (χ1n) is 8.46. The van der Waals surface area contributed by atoms with Crippen molar-refractivity contribution in [3.63, 3.8) is 0 Å². The third kappa shape index (κ3) is 3.48. The molecule has 0 unspecified atom stereocenters. The van der Waals surface area contributed by atoms with Crippen LogP contribution in [0.1, 0.15) is 15.9 Å². The van der Waals surface area contributed by atoms with Gasteiger partial charge in [0.1, 0.15) is 23.7 Å². The summed E-state index contributed by atoms with van der Waals surface area (Å²) in [4.78, 5) is 14.1. The highest BCUT2D eigenvalue weighted by atomic mass is 16.5. The molecule has 0 saturated carbocycles. The molecule has 134 valence electrons. The Morgan fingerprint density at radius 2 is 1.81 bits per heavy atom. The first-order valence-corrected chi connectivity index (χ1v) is 8.46. The van der Waals surface area contributed by atoms with Gasteiger partial charge in [-0.15, -0.1) is 0 Å². The van der Waals surface area contributed by atoms with Crippen LogP contribution in [0, 0.1) is 0 Å². The van der Waals surface area contributed by atoms with E-state index in [2.05, 4.69) is 29.2 Å². The second-order valence-electron chi connectivity index (χ2n) is 6.25. The fraction of sp³-hybridized carbons (Fsp3) is 0.0455. The maximum atomic E-state index is 10.9. The van der Waals surface area contributed by atoms with Crippen LogP contribution in [0.4, 0.5) is 0 Å². The summed E-state index contributed by atoms with van der Waals surface area (Å²) in [6.07, 6.45) is 1.92. The third-order valence-corrected chi connectivity index (χ3v) is 4.42. The number of benzene rings is 3. The zero-order valence-electron chi connectivity index (χ0n) is 14.3. The van der Waals surface area contributed by atoms with Gasteiger partial charge in [0.2, 0.25) is 0 Å². The normalized spacial score (nSPS) is 10.8. The van der Waals surface area contributed by atoms with Crippen LogP contribution in [0.15, 0.2) is 72.9 Å². The van der Waals surface area contributed by atoms with Crippen molar-refractivity contribution >= 4 is 16.9 Å². The summed E-state index contributed by atoms with van der Waals surface area (Å²) in [5.74, 6) is -1.07. The van der Waals surface area contributed by atoms with Gasteiger partial charge in [0.15, 0.2) is 0 Å². The number of ether oxygens (including phenoxy) is 1. The predicted molar refractivity (Wildman–Crippen MR) is 103 cm³/mol. The Bertz CT molecular complexity index is 1130. The monoisotopic (exact) mass is 359 g/mol. The minimum Gasteiger partial charge on any atom is -0.507 e. The van der Waals surface area contributed by atoms with Crippen LogP contribution in [0.25, 0.3) is 22.0 Å². The number of nitrogens with one attached hydrogen (secondary N) is 1. The number of hydrogen-bond acceptors (Lipinski definition) is 3. The quantitative estimate of drug-likeness (QED) is 0.477. The molecule has 0 fully saturated rings. The smallest absolute Gasteiger partial charge is 0.339 e. The molecule has 0 atom stereocenters. The van der Waals surface area contributed by atoms with E-state index in [0.29, 0.717) is 12.4 Å². The second kappa shape index (κ2) is 6.88. The van der Waals surface area contributed by atoms with Crippen LogP contribution < -0.4 is 4.74 Å². The van der Waals surface area contributed by atoms with Gasteiger partial charge >= 0.3 is 5.97 Å². The molecule has 5 nitrogen and oxygen atoms in total. The molecular weight excluding hydrogens is 342 g/mol. The highest BCUT2D eigenvalue weighted by molar-refractivity contribution is 5.91. The molecule has 3 aromatic carbocycles. The van der Waals surface area contributed by atoms with Gasteiger partial charge in [-0.3, -0.25) is 0 Å². The molecule has 0 aliphatic rings. The van der Waals surface area contributed by atoms with Crippen molar-refractivity contribution in [1.82, 2.24) is 4.98 Å². The highest BCUT2D eigenvalue weighted by Gasteiger charge is 2.10. The topological polar surface area (TPSA) is 82.5 Å². The summed E-state index contributed by atoms with van der Waals surface area (Å²) in [6.45, 7) is 0.312. The standard InChI is InChI=1S/C22H17NO4/c24-21-12-18(5-6-19(21)22(25)26)27-13-14-2-1-3-15(10-14)16-4-7-20-17(11-16)8-9-23-20/h1-12,23-24H,13H2,(H,25,26). The summed E-state index contributed by atoms with van der Waals surface area (Å²) in [7, 11) is 0. The van der Waals surface area contributed by atoms with Gasteiger partial charge in [-0.05, 0) is 58.5 Å². The Kier molecular flexibility index (Phi) is 4.26. The zero-order valence-corrected chi connectivity index (χ0v) is 14.3. The fourth-order valence-corrected chi connectivity index (χ4v) is 3.02. The van der Waals surface area contributed by atoms with E-state index in [9.17, 15) is 9.90 Å². The molecule has 4 rings (SSSR count). The molecule has 1 heterocycles. The number of phenols is 1. The number of aromatic hydroxyl groups is 1. The minimum absolute atomic E-state index is 0.149. The van der Waals surface area contributed by atoms with Gasteiger partial charge in [-0.2, -0.15) is 0 Å². The Balaban J connectivity index is 1.52. The number of aromatic carboxylic acids is 1. The number of aromatic amines is 1. The van der Waals surface area contributed by atoms with Crippen molar-refractivity contribution in [3.8, 4) is 22.6 Å². The third-order valence-electron chi connectivity index (χ3n) is 4.42. The first kappa shape index (κ1) is 16.7. The van der Waals surface area contributed by atoms with E-state index in [1.165, 1.54) is 18.2 Å². The van der Waals surface area contributed by atoms with Crippen LogP contribution in [0.5, 0.6) is 11.5 Å². The molecular formula is C22H17NO4. The number of carboxylic acids is 1. The number of rotatable bonds is 5. The van der Waals surface area contributed by atoms with E-state index in [1.807, 2.05) is 30.5 Å². The number of fused-ring (bicyclic) bond motifs is 1. The molecule has 0 aliphatic carbocycles. The average Bonchev–Trinajstić information content (AvgIpc) is 3.14. The van der Waals surface area contributed by atoms with E-state index in [1.54, 1.807) is 0 Å². The highest BCUT2D eigenvalue weighted by Crippen LogP contribution is 2.27. The van der Waals surface area contributed by atoms with Crippen molar-refractivity contribution in [2.75, 3.05) is 0 Å². The Hall–Kier alpha value is -3.73. The molecule has 0 bridgehead atoms. The summed E-state index contributed by atoms with van der Waals surface area (Å²) in [5.41, 5.74) is 4.13. The Morgan fingerprint density at radius 3 is 2.63 bits per heavy atom. The van der Waals surface area contributed by atoms with Crippen molar-refractivity contribution in [2.24, 2.45) is 0 Å². The molecule has 1 aromatic heterocycles. The van der Waals surface area contributed by atoms with E-state index in [-0.39, 0.29) is 11.3 Å². The Labute approximate surface area is 155 Å². The van der Waals surface area contributed by atoms with Gasteiger partial charge < -0.3 is 19.9 Å². The number of carboxylic acid groups (broad SMARTS) is 1. The number of carbonyl (C=O) groups is 1. The maximum absolute atomic E-state index is 10.9. The lowest BCUT2D eigenvalue weighted by atomic mass is 10.0. The van der Waals surface area contributed by atoms with Gasteiger partial charge in [-0.1, -0.05) is 24.3 Å². The maximum Gasteiger partial charge on any atom is 0.339 e. The molecule has 3 N–H and O–H groups in total. The Morgan fingerprint density at radius 1 is 0.963 bits per heavy atom. The van der Waals surface area contributed by atoms with Crippen LogP contribution in [-0.4, -0.2) is 21.2 Å². The van der Waals surface area contributed by atoms with Crippen molar-refractivity contribution in [2.45, 2.75) is 6.61 Å². The number of H-pyrrole nitrogens is 1. The number of aromatic nitrogens is 1. The van der Waals surface area contributed by atoms with Gasteiger partial charge in [-0.25, -0.2) is 4.79 Å². The van der Waals surface area contributed by atoms with E-state index in [0.717, 1.165) is 27.6 Å². The summed E-state index contributed by atoms with van der Waals surface area (Å²) >= 11 is 0. The number of hydrogen-bond donors (Lipinski definition) is 3. The van der Waals surface area contributed by atoms with Crippen LogP contribution in [0.2, 0.25) is 0 Å². The van der Waals surface area contributed by atoms with Crippen LogP contribution >= 0.6 is 0 Å². The van der Waals surface area contributed by atoms with Crippen molar-refractivity contribution in [3.05, 3.63) is 84.1 Å². The van der Waals surface area contributed by atoms with Gasteiger partial charge in [0.25, 0.3) is 0 Å². The molecule has 0 spiro atoms. The molecule has 0 saturated heterocycles. The average molecular weight is 359 g/mol. The molecule has 0 aliphatic heterocycles. The van der Waals surface area contributed by atoms with E-state index < -0.39 is 5.97 Å². The summed E-state index contributed by atoms with van der Waals surface area (Å²) < 4.78 is 5.70. The van der Waals surface area contributed by atoms with Gasteiger partial charge in [0, 0.05) is 17.8 Å². The molecule has 5 heteroatoms. The van der Waals surface area contributed by atoms with Crippen molar-refractivity contribution in [1.29, 1.82) is 0 Å². The SMILES string of the molecule is O=C(O)c1ccc(OCc2cccc(-c3ccc4[nH]ccc4c3)c2)cc1O. The molecule has 0 amide bonds. The minimum atomic E-state index is -1.17. The lowest BCUT2D eigenvalue weighted by Crippen LogP contribution is -1.99. The van der Waals surface area contributed by atoms with Crippen LogP contribution in [-0.2, 0) is 6.61 Å². The van der Waals surface area contributed by atoms with Gasteiger partial charge in [0.05, 0.1) is 0 Å². The van der Waals surface area contributed by atoms with Crippen LogP contribution in [0.3, 0.4) is 0 Å². The second-order valence-corrected chi connectivity index (χ2v) is 6.25. The predicted octanol–water partition coefficient (Wildman–Crippen LogP) is 4.82. The largest absolute Gasteiger partial charge is 0.507 e. The summed E-state index contributed by atoms with van der Waals surface area (Å²) in [6, 6.07) is 20.5. The van der Waals surface area contributed by atoms with Crippen molar-refractivity contribution < 1.29 is 19.7 Å². The lowest BCUT2D eigenvalue weighted by Gasteiger charge is -2.09. The van der Waals surface area contributed by atoms with E-state index in [4.69, 9.17) is 9.84 Å². The molecule has 0 radical (unpaired) electrons.